The Hall–Kier alpha value is -1.44. The molecule has 0 saturated carbocycles. The molecule has 0 aromatic heterocycles. The van der Waals surface area contributed by atoms with Crippen LogP contribution in [-0.2, 0) is 10.2 Å². The van der Waals surface area contributed by atoms with Crippen molar-refractivity contribution in [3.63, 3.8) is 0 Å². The summed E-state index contributed by atoms with van der Waals surface area (Å²) in [5.74, 6) is 0.615. The molecule has 0 N–H and O–H groups in total. The van der Waals surface area contributed by atoms with E-state index in [4.69, 9.17) is 9.47 Å². The van der Waals surface area contributed by atoms with Gasteiger partial charge in [0.2, 0.25) is 0 Å². The fourth-order valence-corrected chi connectivity index (χ4v) is 3.60. The van der Waals surface area contributed by atoms with E-state index in [1.165, 1.54) is 11.6 Å². The van der Waals surface area contributed by atoms with Crippen LogP contribution in [-0.4, -0.2) is 13.9 Å². The standard InChI is InChI=1S/C19H24FO2P/c1-13-10-14(19(2,3)4)11-17(18(13)22-12-21-5)23-16-9-7-6-8-15(16)20/h6-11,23H,12H2,1-5H3. The van der Waals surface area contributed by atoms with Gasteiger partial charge in [0.05, 0.1) is 0 Å². The van der Waals surface area contributed by atoms with Crippen LogP contribution < -0.4 is 15.3 Å². The van der Waals surface area contributed by atoms with E-state index in [0.717, 1.165) is 16.6 Å². The molecule has 2 nitrogen and oxygen atoms in total. The second kappa shape index (κ2) is 7.42. The van der Waals surface area contributed by atoms with E-state index in [0.29, 0.717) is 5.30 Å². The van der Waals surface area contributed by atoms with Gasteiger partial charge in [-0.2, -0.15) is 0 Å². The van der Waals surface area contributed by atoms with E-state index in [9.17, 15) is 4.39 Å². The van der Waals surface area contributed by atoms with Gasteiger partial charge in [-0.05, 0) is 35.6 Å². The lowest BCUT2D eigenvalue weighted by atomic mass is 9.86. The molecule has 2 aromatic rings. The number of benzene rings is 2. The van der Waals surface area contributed by atoms with Crippen molar-refractivity contribution in [1.82, 2.24) is 0 Å². The number of halogens is 1. The first-order valence-corrected chi connectivity index (χ1v) is 8.61. The molecule has 0 amide bonds. The Bertz CT molecular complexity index is 678. The quantitative estimate of drug-likeness (QED) is 0.607. The molecule has 0 aliphatic rings. The van der Waals surface area contributed by atoms with Crippen molar-refractivity contribution in [3.8, 4) is 5.75 Å². The van der Waals surface area contributed by atoms with Gasteiger partial charge in [-0.25, -0.2) is 4.39 Å². The topological polar surface area (TPSA) is 18.5 Å². The summed E-state index contributed by atoms with van der Waals surface area (Å²) in [6.45, 7) is 8.73. The third-order valence-corrected chi connectivity index (χ3v) is 4.92. The van der Waals surface area contributed by atoms with Gasteiger partial charge in [0.15, 0.2) is 6.79 Å². The molecule has 2 rings (SSSR count). The highest BCUT2D eigenvalue weighted by atomic mass is 31.1. The molecule has 0 spiro atoms. The fourth-order valence-electron chi connectivity index (χ4n) is 2.32. The monoisotopic (exact) mass is 334 g/mol. The van der Waals surface area contributed by atoms with E-state index in [-0.39, 0.29) is 26.6 Å². The zero-order valence-corrected chi connectivity index (χ0v) is 15.4. The summed E-state index contributed by atoms with van der Waals surface area (Å²) in [6.07, 6.45) is 0. The molecule has 0 aliphatic heterocycles. The van der Waals surface area contributed by atoms with Gasteiger partial charge in [-0.15, -0.1) is 0 Å². The molecule has 1 atom stereocenters. The van der Waals surface area contributed by atoms with Crippen LogP contribution in [0.5, 0.6) is 5.75 Å². The molecule has 4 heteroatoms. The molecular formula is C19H24FO2P. The largest absolute Gasteiger partial charge is 0.467 e. The minimum Gasteiger partial charge on any atom is -0.467 e. The van der Waals surface area contributed by atoms with Gasteiger partial charge in [0.25, 0.3) is 0 Å². The highest BCUT2D eigenvalue weighted by Crippen LogP contribution is 2.30. The highest BCUT2D eigenvalue weighted by molar-refractivity contribution is 7.55. The maximum absolute atomic E-state index is 14.0. The van der Waals surface area contributed by atoms with Gasteiger partial charge in [0.1, 0.15) is 11.6 Å². The Morgan fingerprint density at radius 1 is 1.09 bits per heavy atom. The molecule has 0 aliphatic carbocycles. The number of rotatable bonds is 5. The van der Waals surface area contributed by atoms with Gasteiger partial charge in [-0.3, -0.25) is 0 Å². The molecule has 0 saturated heterocycles. The van der Waals surface area contributed by atoms with Crippen LogP contribution in [0.1, 0.15) is 31.9 Å². The van der Waals surface area contributed by atoms with Gasteiger partial charge in [-0.1, -0.05) is 53.6 Å². The second-order valence-corrected chi connectivity index (χ2v) is 7.90. The molecule has 0 radical (unpaired) electrons. The second-order valence-electron chi connectivity index (χ2n) is 6.58. The summed E-state index contributed by atoms with van der Waals surface area (Å²) in [6, 6.07) is 11.2. The van der Waals surface area contributed by atoms with Crippen LogP contribution in [0.3, 0.4) is 0 Å². The summed E-state index contributed by atoms with van der Waals surface area (Å²) in [5, 5.41) is 1.71. The van der Waals surface area contributed by atoms with Crippen LogP contribution in [0.15, 0.2) is 36.4 Å². The smallest absolute Gasteiger partial charge is 0.188 e. The summed E-state index contributed by atoms with van der Waals surface area (Å²) in [4.78, 5) is 0. The predicted octanol–water partition coefficient (Wildman–Crippen LogP) is 4.04. The molecule has 1 unspecified atom stereocenters. The fraction of sp³-hybridized carbons (Fsp3) is 0.368. The summed E-state index contributed by atoms with van der Waals surface area (Å²) < 4.78 is 24.8. The first-order chi connectivity index (χ1) is 10.8. The number of methoxy groups -OCH3 is 1. The van der Waals surface area contributed by atoms with Crippen LogP contribution in [0.2, 0.25) is 0 Å². The average molecular weight is 334 g/mol. The molecule has 0 heterocycles. The third kappa shape index (κ3) is 4.53. The predicted molar refractivity (Wildman–Crippen MR) is 96.4 cm³/mol. The zero-order chi connectivity index (χ0) is 17.0. The molecule has 0 fully saturated rings. The Balaban J connectivity index is 2.48. The van der Waals surface area contributed by atoms with Gasteiger partial charge in [0, 0.05) is 17.7 Å². The minimum atomic E-state index is -0.178. The Morgan fingerprint density at radius 2 is 1.78 bits per heavy atom. The maximum atomic E-state index is 14.0. The number of hydrogen-bond donors (Lipinski definition) is 0. The summed E-state index contributed by atoms with van der Waals surface area (Å²) in [7, 11) is 1.80. The lowest BCUT2D eigenvalue weighted by Crippen LogP contribution is -2.18. The molecule has 2 aromatic carbocycles. The molecule has 124 valence electrons. The van der Waals surface area contributed by atoms with Crippen molar-refractivity contribution in [2.75, 3.05) is 13.9 Å². The van der Waals surface area contributed by atoms with Crippen LogP contribution in [0.4, 0.5) is 4.39 Å². The Labute approximate surface area is 139 Å². The molecular weight excluding hydrogens is 310 g/mol. The van der Waals surface area contributed by atoms with E-state index >= 15 is 0 Å². The number of ether oxygens (including phenoxy) is 2. The Morgan fingerprint density at radius 3 is 2.39 bits per heavy atom. The van der Waals surface area contributed by atoms with Gasteiger partial charge < -0.3 is 9.47 Å². The van der Waals surface area contributed by atoms with Crippen molar-refractivity contribution < 1.29 is 13.9 Å². The minimum absolute atomic E-state index is 0.0268. The van der Waals surface area contributed by atoms with E-state index < -0.39 is 0 Å². The maximum Gasteiger partial charge on any atom is 0.188 e. The zero-order valence-electron chi connectivity index (χ0n) is 14.4. The average Bonchev–Trinajstić information content (AvgIpc) is 2.47. The van der Waals surface area contributed by atoms with Crippen molar-refractivity contribution in [1.29, 1.82) is 0 Å². The van der Waals surface area contributed by atoms with Crippen LogP contribution in [0, 0.1) is 12.7 Å². The summed E-state index contributed by atoms with van der Waals surface area (Å²) >= 11 is 0. The third-order valence-electron chi connectivity index (χ3n) is 3.60. The van der Waals surface area contributed by atoms with E-state index in [2.05, 4.69) is 32.9 Å². The van der Waals surface area contributed by atoms with Crippen LogP contribution in [0.25, 0.3) is 0 Å². The van der Waals surface area contributed by atoms with Crippen LogP contribution >= 0.6 is 8.58 Å². The normalized spacial score (nSPS) is 12.1. The van der Waals surface area contributed by atoms with E-state index in [1.807, 2.05) is 19.1 Å². The lowest BCUT2D eigenvalue weighted by Gasteiger charge is -2.23. The van der Waals surface area contributed by atoms with Crippen molar-refractivity contribution in [3.05, 3.63) is 53.3 Å². The molecule has 0 bridgehead atoms. The molecule has 23 heavy (non-hydrogen) atoms. The van der Waals surface area contributed by atoms with E-state index in [1.54, 1.807) is 13.2 Å². The number of hydrogen-bond acceptors (Lipinski definition) is 2. The SMILES string of the molecule is COCOc1c(C)cc(C(C)(C)C)cc1Pc1ccccc1F. The van der Waals surface area contributed by atoms with Gasteiger partial charge >= 0.3 is 0 Å². The van der Waals surface area contributed by atoms with Crippen molar-refractivity contribution in [2.45, 2.75) is 33.1 Å². The highest BCUT2D eigenvalue weighted by Gasteiger charge is 2.19. The number of aryl methyl sites for hydroxylation is 1. The Kier molecular flexibility index (Phi) is 5.78. The van der Waals surface area contributed by atoms with Crippen molar-refractivity contribution in [2.24, 2.45) is 0 Å². The first kappa shape index (κ1) is 17.9. The summed E-state index contributed by atoms with van der Waals surface area (Å²) in [5.41, 5.74) is 2.30. The lowest BCUT2D eigenvalue weighted by molar-refractivity contribution is 0.0514. The first-order valence-electron chi connectivity index (χ1n) is 7.61. The van der Waals surface area contributed by atoms with Crippen molar-refractivity contribution >= 4 is 19.2 Å².